The standard InChI is InChI=1S/C4H12N2S/c1-6(2)4-3-5-7/h5,7H,3-4H2,1-2H3. The molecule has 0 saturated heterocycles. The van der Waals surface area contributed by atoms with Gasteiger partial charge in [-0.25, -0.2) is 0 Å². The molecule has 7 heavy (non-hydrogen) atoms. The van der Waals surface area contributed by atoms with E-state index in [-0.39, 0.29) is 0 Å². The molecule has 0 bridgehead atoms. The fraction of sp³-hybridized carbons (Fsp3) is 1.00. The second-order valence-corrected chi connectivity index (χ2v) is 2.03. The van der Waals surface area contributed by atoms with Crippen LogP contribution in [0, 0.1) is 0 Å². The Morgan fingerprint density at radius 3 is 2.29 bits per heavy atom. The molecule has 0 spiro atoms. The van der Waals surface area contributed by atoms with E-state index in [9.17, 15) is 0 Å². The minimum atomic E-state index is 0.941. The maximum atomic E-state index is 3.82. The van der Waals surface area contributed by atoms with Crippen molar-refractivity contribution in [1.29, 1.82) is 0 Å². The summed E-state index contributed by atoms with van der Waals surface area (Å²) in [4.78, 5) is 2.10. The van der Waals surface area contributed by atoms with E-state index in [0.29, 0.717) is 0 Å². The van der Waals surface area contributed by atoms with Gasteiger partial charge < -0.3 is 4.90 Å². The predicted molar refractivity (Wildman–Crippen MR) is 35.5 cm³/mol. The highest BCUT2D eigenvalue weighted by Crippen LogP contribution is 1.69. The van der Waals surface area contributed by atoms with Gasteiger partial charge >= 0.3 is 0 Å². The van der Waals surface area contributed by atoms with Crippen LogP contribution in [-0.2, 0) is 0 Å². The molecule has 0 aliphatic carbocycles. The highest BCUT2D eigenvalue weighted by Gasteiger charge is 1.83. The van der Waals surface area contributed by atoms with Crippen molar-refractivity contribution in [1.82, 2.24) is 9.62 Å². The van der Waals surface area contributed by atoms with Gasteiger partial charge in [0.1, 0.15) is 0 Å². The summed E-state index contributed by atoms with van der Waals surface area (Å²) in [5, 5.41) is 0. The second-order valence-electron chi connectivity index (χ2n) is 1.71. The molecule has 0 atom stereocenters. The van der Waals surface area contributed by atoms with Crippen molar-refractivity contribution in [2.45, 2.75) is 0 Å². The lowest BCUT2D eigenvalue weighted by Gasteiger charge is -2.06. The van der Waals surface area contributed by atoms with Crippen LogP contribution in [0.1, 0.15) is 0 Å². The molecule has 1 N–H and O–H groups in total. The predicted octanol–water partition coefficient (Wildman–Crippen LogP) is -0.0176. The Balaban J connectivity index is 2.68. The van der Waals surface area contributed by atoms with E-state index >= 15 is 0 Å². The molecule has 0 radical (unpaired) electrons. The van der Waals surface area contributed by atoms with Crippen LogP contribution < -0.4 is 4.72 Å². The van der Waals surface area contributed by atoms with Gasteiger partial charge in [-0.05, 0) is 14.1 Å². The van der Waals surface area contributed by atoms with E-state index in [1.54, 1.807) is 0 Å². The van der Waals surface area contributed by atoms with Crippen molar-refractivity contribution in [3.8, 4) is 0 Å². The SMILES string of the molecule is CN(C)CCNS. The van der Waals surface area contributed by atoms with Gasteiger partial charge in [-0.3, -0.25) is 4.72 Å². The molecule has 0 aliphatic heterocycles. The van der Waals surface area contributed by atoms with Crippen LogP contribution >= 0.6 is 12.8 Å². The molecule has 0 fully saturated rings. The second kappa shape index (κ2) is 4.43. The van der Waals surface area contributed by atoms with Crippen LogP contribution in [0.3, 0.4) is 0 Å². The molecule has 0 saturated carbocycles. The summed E-state index contributed by atoms with van der Waals surface area (Å²) >= 11 is 3.82. The average molecular weight is 120 g/mol. The lowest BCUT2D eigenvalue weighted by Crippen LogP contribution is -2.21. The molecule has 0 aromatic heterocycles. The summed E-state index contributed by atoms with van der Waals surface area (Å²) in [6, 6.07) is 0. The van der Waals surface area contributed by atoms with Crippen molar-refractivity contribution in [2.75, 3.05) is 27.2 Å². The molecule has 0 amide bonds. The molecule has 0 unspecified atom stereocenters. The fourth-order valence-electron chi connectivity index (χ4n) is 0.274. The van der Waals surface area contributed by atoms with Gasteiger partial charge in [0, 0.05) is 13.1 Å². The van der Waals surface area contributed by atoms with Gasteiger partial charge in [0.25, 0.3) is 0 Å². The van der Waals surface area contributed by atoms with Crippen LogP contribution in [0.25, 0.3) is 0 Å². The smallest absolute Gasteiger partial charge is 0.0184 e. The first-order chi connectivity index (χ1) is 3.27. The molecular weight excluding hydrogens is 108 g/mol. The van der Waals surface area contributed by atoms with E-state index in [1.807, 2.05) is 14.1 Å². The Kier molecular flexibility index (Phi) is 4.60. The first-order valence-electron chi connectivity index (χ1n) is 2.29. The maximum Gasteiger partial charge on any atom is 0.0184 e. The van der Waals surface area contributed by atoms with Crippen LogP contribution in [0.15, 0.2) is 0 Å². The van der Waals surface area contributed by atoms with Gasteiger partial charge in [-0.2, -0.15) is 0 Å². The number of likely N-dealkylation sites (N-methyl/N-ethyl adjacent to an activating group) is 1. The zero-order valence-corrected chi connectivity index (χ0v) is 5.70. The van der Waals surface area contributed by atoms with Crippen LogP contribution in [0.4, 0.5) is 0 Å². The molecular formula is C4H12N2S. The van der Waals surface area contributed by atoms with E-state index in [2.05, 4.69) is 22.4 Å². The average Bonchev–Trinajstić information content (AvgIpc) is 1.61. The summed E-state index contributed by atoms with van der Waals surface area (Å²) in [5.41, 5.74) is 0. The normalized spacial score (nSPS) is 10.3. The zero-order chi connectivity index (χ0) is 5.70. The summed E-state index contributed by atoms with van der Waals surface area (Å²) in [5.74, 6) is 0. The Morgan fingerprint density at radius 1 is 1.57 bits per heavy atom. The molecule has 2 nitrogen and oxygen atoms in total. The molecule has 3 heteroatoms. The topological polar surface area (TPSA) is 15.3 Å². The van der Waals surface area contributed by atoms with E-state index in [0.717, 1.165) is 13.1 Å². The molecule has 0 aromatic carbocycles. The molecule has 0 aliphatic rings. The zero-order valence-electron chi connectivity index (χ0n) is 4.81. The van der Waals surface area contributed by atoms with Gasteiger partial charge in [0.2, 0.25) is 0 Å². The van der Waals surface area contributed by atoms with E-state index in [1.165, 1.54) is 0 Å². The third-order valence-electron chi connectivity index (χ3n) is 0.671. The van der Waals surface area contributed by atoms with E-state index in [4.69, 9.17) is 0 Å². The minimum Gasteiger partial charge on any atom is -0.308 e. The largest absolute Gasteiger partial charge is 0.308 e. The van der Waals surface area contributed by atoms with Crippen LogP contribution in [-0.4, -0.2) is 32.1 Å². The maximum absolute atomic E-state index is 3.82. The van der Waals surface area contributed by atoms with Gasteiger partial charge in [-0.15, -0.1) is 0 Å². The monoisotopic (exact) mass is 120 g/mol. The lowest BCUT2D eigenvalue weighted by molar-refractivity contribution is 0.415. The Hall–Kier alpha value is 0.270. The van der Waals surface area contributed by atoms with Gasteiger partial charge in [-0.1, -0.05) is 12.8 Å². The van der Waals surface area contributed by atoms with Gasteiger partial charge in [0.05, 0.1) is 0 Å². The Bertz CT molecular complexity index is 38.7. The molecule has 0 heterocycles. The first kappa shape index (κ1) is 7.27. The van der Waals surface area contributed by atoms with Crippen molar-refractivity contribution >= 4 is 12.8 Å². The highest BCUT2D eigenvalue weighted by molar-refractivity contribution is 7.78. The summed E-state index contributed by atoms with van der Waals surface area (Å²) in [6.07, 6.45) is 0. The number of nitrogens with one attached hydrogen (secondary N) is 1. The first-order valence-corrected chi connectivity index (χ1v) is 2.74. The van der Waals surface area contributed by atoms with Gasteiger partial charge in [0.15, 0.2) is 0 Å². The Morgan fingerprint density at radius 2 is 2.14 bits per heavy atom. The molecule has 44 valence electrons. The molecule has 0 rings (SSSR count). The minimum absolute atomic E-state index is 0.941. The number of hydrogen-bond acceptors (Lipinski definition) is 3. The Labute approximate surface area is 50.4 Å². The fourth-order valence-corrected chi connectivity index (χ4v) is 0.374. The third-order valence-corrected chi connectivity index (χ3v) is 0.894. The van der Waals surface area contributed by atoms with Crippen molar-refractivity contribution < 1.29 is 0 Å². The molecule has 0 aromatic rings. The van der Waals surface area contributed by atoms with Crippen LogP contribution in [0.5, 0.6) is 0 Å². The summed E-state index contributed by atoms with van der Waals surface area (Å²) in [6.45, 7) is 1.99. The highest BCUT2D eigenvalue weighted by atomic mass is 32.1. The number of nitrogens with zero attached hydrogens (tertiary/aromatic N) is 1. The van der Waals surface area contributed by atoms with Crippen molar-refractivity contribution in [2.24, 2.45) is 0 Å². The number of rotatable bonds is 3. The van der Waals surface area contributed by atoms with E-state index < -0.39 is 0 Å². The number of hydrogen-bond donors (Lipinski definition) is 2. The van der Waals surface area contributed by atoms with Crippen LogP contribution in [0.2, 0.25) is 0 Å². The quantitative estimate of drug-likeness (QED) is 0.509. The lowest BCUT2D eigenvalue weighted by atomic mass is 10.6. The summed E-state index contributed by atoms with van der Waals surface area (Å²) in [7, 11) is 4.07. The number of thiol groups is 1. The summed E-state index contributed by atoms with van der Waals surface area (Å²) < 4.78 is 2.75. The van der Waals surface area contributed by atoms with Crippen molar-refractivity contribution in [3.05, 3.63) is 0 Å². The third kappa shape index (κ3) is 6.27. The van der Waals surface area contributed by atoms with Crippen molar-refractivity contribution in [3.63, 3.8) is 0 Å².